The zero-order valence-electron chi connectivity index (χ0n) is 7.59. The van der Waals surface area contributed by atoms with Gasteiger partial charge in [0, 0.05) is 12.4 Å². The van der Waals surface area contributed by atoms with Gasteiger partial charge in [0.2, 0.25) is 0 Å². The van der Waals surface area contributed by atoms with Crippen molar-refractivity contribution in [1.29, 1.82) is 0 Å². The molecule has 2 rings (SSSR count). The number of benzene rings is 1. The molecule has 0 amide bonds. The quantitative estimate of drug-likeness (QED) is 0.813. The Morgan fingerprint density at radius 3 is 2.87 bits per heavy atom. The van der Waals surface area contributed by atoms with Gasteiger partial charge in [-0.15, -0.1) is 0 Å². The van der Waals surface area contributed by atoms with Crippen LogP contribution in [0.25, 0.3) is 5.69 Å². The van der Waals surface area contributed by atoms with Crippen molar-refractivity contribution in [2.45, 2.75) is 0 Å². The van der Waals surface area contributed by atoms with Gasteiger partial charge in [-0.25, -0.2) is 14.2 Å². The normalized spacial score (nSPS) is 10.2. The summed E-state index contributed by atoms with van der Waals surface area (Å²) >= 11 is 0. The number of carboxylic acids is 1. The Labute approximate surface area is 84.6 Å². The minimum atomic E-state index is -1.09. The maximum absolute atomic E-state index is 13.4. The summed E-state index contributed by atoms with van der Waals surface area (Å²) in [5.41, 5.74) is 0.215. The van der Waals surface area contributed by atoms with E-state index in [-0.39, 0.29) is 11.3 Å². The fourth-order valence-electron chi connectivity index (χ4n) is 1.25. The van der Waals surface area contributed by atoms with Gasteiger partial charge in [-0.2, -0.15) is 0 Å². The lowest BCUT2D eigenvalue weighted by Crippen LogP contribution is -2.01. The molecule has 0 atom stereocenters. The average molecular weight is 206 g/mol. The molecule has 0 saturated heterocycles. The summed E-state index contributed by atoms with van der Waals surface area (Å²) in [6.45, 7) is 0. The monoisotopic (exact) mass is 206 g/mol. The maximum Gasteiger partial charge on any atom is 0.335 e. The molecule has 0 saturated carbocycles. The predicted octanol–water partition coefficient (Wildman–Crippen LogP) is 1.71. The van der Waals surface area contributed by atoms with Crippen LogP contribution in [0.5, 0.6) is 0 Å². The smallest absolute Gasteiger partial charge is 0.335 e. The standard InChI is InChI=1S/C10H7FN2O2/c11-8-2-1-7(10(14)15)5-9(8)13-4-3-12-6-13/h1-6H,(H,14,15). The van der Waals surface area contributed by atoms with E-state index >= 15 is 0 Å². The van der Waals surface area contributed by atoms with E-state index in [2.05, 4.69) is 4.98 Å². The third-order valence-electron chi connectivity index (χ3n) is 1.98. The molecule has 0 radical (unpaired) electrons. The minimum absolute atomic E-state index is 0.0418. The van der Waals surface area contributed by atoms with Gasteiger partial charge < -0.3 is 9.67 Å². The number of carboxylic acid groups (broad SMARTS) is 1. The van der Waals surface area contributed by atoms with E-state index < -0.39 is 11.8 Å². The van der Waals surface area contributed by atoms with Crippen LogP contribution in [0.4, 0.5) is 4.39 Å². The van der Waals surface area contributed by atoms with Crippen LogP contribution < -0.4 is 0 Å². The number of hydrogen-bond donors (Lipinski definition) is 1. The van der Waals surface area contributed by atoms with Gasteiger partial charge in [-0.3, -0.25) is 0 Å². The number of aromatic nitrogens is 2. The van der Waals surface area contributed by atoms with E-state index in [1.807, 2.05) is 0 Å². The highest BCUT2D eigenvalue weighted by Crippen LogP contribution is 2.15. The Bertz CT molecular complexity index is 494. The summed E-state index contributed by atoms with van der Waals surface area (Å²) in [5.74, 6) is -1.57. The van der Waals surface area contributed by atoms with Crippen molar-refractivity contribution in [1.82, 2.24) is 9.55 Å². The number of halogens is 1. The van der Waals surface area contributed by atoms with Crippen LogP contribution in [0, 0.1) is 5.82 Å². The highest BCUT2D eigenvalue weighted by atomic mass is 19.1. The third-order valence-corrected chi connectivity index (χ3v) is 1.98. The number of imidazole rings is 1. The van der Waals surface area contributed by atoms with Crippen molar-refractivity contribution in [2.75, 3.05) is 0 Å². The number of carbonyl (C=O) groups is 1. The summed E-state index contributed by atoms with van der Waals surface area (Å²) in [7, 11) is 0. The molecule has 1 heterocycles. The van der Waals surface area contributed by atoms with E-state index in [1.165, 1.54) is 29.2 Å². The molecule has 76 valence electrons. The molecule has 0 aliphatic heterocycles. The van der Waals surface area contributed by atoms with Gasteiger partial charge in [0.25, 0.3) is 0 Å². The van der Waals surface area contributed by atoms with Gasteiger partial charge in [0.05, 0.1) is 17.6 Å². The van der Waals surface area contributed by atoms with Crippen LogP contribution in [0.3, 0.4) is 0 Å². The third kappa shape index (κ3) is 1.71. The summed E-state index contributed by atoms with van der Waals surface area (Å²) in [6, 6.07) is 3.61. The van der Waals surface area contributed by atoms with Crippen LogP contribution in [0.1, 0.15) is 10.4 Å². The lowest BCUT2D eigenvalue weighted by molar-refractivity contribution is 0.0697. The Balaban J connectivity index is 2.55. The molecular weight excluding hydrogens is 199 g/mol. The van der Waals surface area contributed by atoms with Gasteiger partial charge >= 0.3 is 5.97 Å². The second kappa shape index (κ2) is 3.53. The van der Waals surface area contributed by atoms with Crippen molar-refractivity contribution in [2.24, 2.45) is 0 Å². The summed E-state index contributed by atoms with van der Waals surface area (Å²) in [4.78, 5) is 14.4. The number of hydrogen-bond acceptors (Lipinski definition) is 2. The van der Waals surface area contributed by atoms with Gasteiger partial charge in [0.1, 0.15) is 5.82 Å². The first-order chi connectivity index (χ1) is 7.18. The average Bonchev–Trinajstić information content (AvgIpc) is 2.71. The Kier molecular flexibility index (Phi) is 2.21. The van der Waals surface area contributed by atoms with E-state index in [0.29, 0.717) is 0 Å². The molecule has 0 bridgehead atoms. The van der Waals surface area contributed by atoms with Crippen LogP contribution in [0.2, 0.25) is 0 Å². The Morgan fingerprint density at radius 1 is 1.47 bits per heavy atom. The van der Waals surface area contributed by atoms with Crippen molar-refractivity contribution >= 4 is 5.97 Å². The van der Waals surface area contributed by atoms with Crippen molar-refractivity contribution < 1.29 is 14.3 Å². The van der Waals surface area contributed by atoms with Crippen LogP contribution in [-0.4, -0.2) is 20.6 Å². The number of rotatable bonds is 2. The van der Waals surface area contributed by atoms with E-state index in [0.717, 1.165) is 6.07 Å². The molecule has 0 unspecified atom stereocenters. The molecule has 0 aliphatic carbocycles. The second-order valence-corrected chi connectivity index (χ2v) is 2.94. The maximum atomic E-state index is 13.4. The first-order valence-electron chi connectivity index (χ1n) is 4.19. The van der Waals surface area contributed by atoms with E-state index in [1.54, 1.807) is 6.20 Å². The number of nitrogens with zero attached hydrogens (tertiary/aromatic N) is 2. The van der Waals surface area contributed by atoms with Crippen LogP contribution in [0.15, 0.2) is 36.9 Å². The van der Waals surface area contributed by atoms with Crippen LogP contribution >= 0.6 is 0 Å². The van der Waals surface area contributed by atoms with E-state index in [4.69, 9.17) is 5.11 Å². The second-order valence-electron chi connectivity index (χ2n) is 2.94. The van der Waals surface area contributed by atoms with Crippen molar-refractivity contribution in [3.8, 4) is 5.69 Å². The highest BCUT2D eigenvalue weighted by molar-refractivity contribution is 5.88. The van der Waals surface area contributed by atoms with Crippen LogP contribution in [-0.2, 0) is 0 Å². The topological polar surface area (TPSA) is 55.1 Å². The molecule has 1 aromatic heterocycles. The van der Waals surface area contributed by atoms with Gasteiger partial charge in [-0.1, -0.05) is 0 Å². The van der Waals surface area contributed by atoms with E-state index in [9.17, 15) is 9.18 Å². The Morgan fingerprint density at radius 2 is 2.27 bits per heavy atom. The molecule has 5 heteroatoms. The SMILES string of the molecule is O=C(O)c1ccc(F)c(-n2ccnc2)c1. The zero-order chi connectivity index (χ0) is 10.8. The molecule has 2 aromatic rings. The molecule has 0 fully saturated rings. The lowest BCUT2D eigenvalue weighted by atomic mass is 10.2. The first kappa shape index (κ1) is 9.39. The molecule has 1 N–H and O–H groups in total. The molecule has 4 nitrogen and oxygen atoms in total. The molecular formula is C10H7FN2O2. The summed E-state index contributed by atoms with van der Waals surface area (Å²) < 4.78 is 14.8. The minimum Gasteiger partial charge on any atom is -0.478 e. The highest BCUT2D eigenvalue weighted by Gasteiger charge is 2.09. The lowest BCUT2D eigenvalue weighted by Gasteiger charge is -2.04. The fraction of sp³-hybridized carbons (Fsp3) is 0. The number of aromatic carboxylic acids is 1. The Hall–Kier alpha value is -2.17. The summed E-state index contributed by atoms with van der Waals surface area (Å²) in [5, 5.41) is 8.75. The summed E-state index contributed by atoms with van der Waals surface area (Å²) in [6.07, 6.45) is 4.45. The molecule has 15 heavy (non-hydrogen) atoms. The molecule has 0 aliphatic rings. The van der Waals surface area contributed by atoms with Crippen molar-refractivity contribution in [3.63, 3.8) is 0 Å². The molecule has 1 aromatic carbocycles. The fourth-order valence-corrected chi connectivity index (χ4v) is 1.25. The predicted molar refractivity (Wildman–Crippen MR) is 50.5 cm³/mol. The first-order valence-corrected chi connectivity index (χ1v) is 4.19. The van der Waals surface area contributed by atoms with Gasteiger partial charge in [-0.05, 0) is 18.2 Å². The van der Waals surface area contributed by atoms with Crippen molar-refractivity contribution in [3.05, 3.63) is 48.3 Å². The zero-order valence-corrected chi connectivity index (χ0v) is 7.59. The van der Waals surface area contributed by atoms with Gasteiger partial charge in [0.15, 0.2) is 0 Å². The molecule has 0 spiro atoms. The largest absolute Gasteiger partial charge is 0.478 e.